The Morgan fingerprint density at radius 3 is 2.77 bits per heavy atom. The van der Waals surface area contributed by atoms with Crippen LogP contribution in [0.1, 0.15) is 33.6 Å². The SMILES string of the molecule is CC(C)(C)N(C(=O)O)C1CCCN(c2cnc(=O)[nH]c2N)C1. The zero-order valence-corrected chi connectivity index (χ0v) is 13.2. The van der Waals surface area contributed by atoms with Crippen molar-refractivity contribution in [3.63, 3.8) is 0 Å². The molecule has 122 valence electrons. The summed E-state index contributed by atoms with van der Waals surface area (Å²) in [6, 6.07) is -0.127. The molecule has 1 aromatic rings. The molecule has 1 fully saturated rings. The highest BCUT2D eigenvalue weighted by Crippen LogP contribution is 2.28. The number of piperidine rings is 1. The van der Waals surface area contributed by atoms with Crippen LogP contribution >= 0.6 is 0 Å². The van der Waals surface area contributed by atoms with Gasteiger partial charge < -0.3 is 15.7 Å². The second-order valence-corrected chi connectivity index (χ2v) is 6.55. The summed E-state index contributed by atoms with van der Waals surface area (Å²) in [5.41, 5.74) is 5.53. The molecule has 1 aromatic heterocycles. The molecule has 4 N–H and O–H groups in total. The minimum atomic E-state index is -0.924. The number of anilines is 2. The number of nitrogens with zero attached hydrogens (tertiary/aromatic N) is 3. The Bertz CT molecular complexity index is 607. The number of hydrogen-bond acceptors (Lipinski definition) is 5. The Labute approximate surface area is 128 Å². The molecule has 0 saturated carbocycles. The van der Waals surface area contributed by atoms with Gasteiger partial charge in [-0.05, 0) is 33.6 Å². The maximum absolute atomic E-state index is 11.6. The van der Waals surface area contributed by atoms with E-state index in [0.717, 1.165) is 19.4 Å². The van der Waals surface area contributed by atoms with Crippen LogP contribution in [0.15, 0.2) is 11.0 Å². The van der Waals surface area contributed by atoms with Crippen LogP contribution in [0.5, 0.6) is 0 Å². The molecule has 2 rings (SSSR count). The first kappa shape index (κ1) is 16.1. The third-order valence-corrected chi connectivity index (χ3v) is 3.85. The summed E-state index contributed by atoms with van der Waals surface area (Å²) in [5, 5.41) is 9.53. The molecule has 8 nitrogen and oxygen atoms in total. The van der Waals surface area contributed by atoms with Gasteiger partial charge in [-0.25, -0.2) is 9.59 Å². The number of H-pyrrole nitrogens is 1. The van der Waals surface area contributed by atoms with Crippen molar-refractivity contribution in [2.24, 2.45) is 0 Å². The summed E-state index contributed by atoms with van der Waals surface area (Å²) in [7, 11) is 0. The average Bonchev–Trinajstić information content (AvgIpc) is 2.36. The van der Waals surface area contributed by atoms with Gasteiger partial charge >= 0.3 is 11.8 Å². The molecule has 22 heavy (non-hydrogen) atoms. The predicted octanol–water partition coefficient (Wildman–Crippen LogP) is 1.10. The number of amides is 1. The zero-order chi connectivity index (χ0) is 16.5. The molecule has 2 heterocycles. The zero-order valence-electron chi connectivity index (χ0n) is 13.2. The lowest BCUT2D eigenvalue weighted by atomic mass is 9.97. The number of rotatable bonds is 2. The summed E-state index contributed by atoms with van der Waals surface area (Å²) in [6.07, 6.45) is 2.17. The quantitative estimate of drug-likeness (QED) is 0.753. The van der Waals surface area contributed by atoms with E-state index in [9.17, 15) is 14.7 Å². The maximum Gasteiger partial charge on any atom is 0.408 e. The van der Waals surface area contributed by atoms with Crippen molar-refractivity contribution < 1.29 is 9.90 Å². The third-order valence-electron chi connectivity index (χ3n) is 3.85. The molecule has 0 aromatic carbocycles. The maximum atomic E-state index is 11.6. The van der Waals surface area contributed by atoms with E-state index in [1.165, 1.54) is 11.1 Å². The van der Waals surface area contributed by atoms with Gasteiger partial charge in [0, 0.05) is 18.6 Å². The second kappa shape index (κ2) is 5.86. The van der Waals surface area contributed by atoms with Crippen molar-refractivity contribution in [2.75, 3.05) is 23.7 Å². The van der Waals surface area contributed by atoms with E-state index in [0.29, 0.717) is 12.2 Å². The predicted molar refractivity (Wildman–Crippen MR) is 84.1 cm³/mol. The van der Waals surface area contributed by atoms with Crippen LogP contribution in [0.4, 0.5) is 16.3 Å². The lowest BCUT2D eigenvalue weighted by molar-refractivity contribution is 0.0648. The molecular weight excluding hydrogens is 286 g/mol. The molecule has 1 amide bonds. The normalized spacial score (nSPS) is 19.0. The highest BCUT2D eigenvalue weighted by Gasteiger charge is 2.36. The number of hydrogen-bond donors (Lipinski definition) is 3. The van der Waals surface area contributed by atoms with Gasteiger partial charge in [0.25, 0.3) is 0 Å². The standard InChI is InChI=1S/C14H23N5O3/c1-14(2,3)19(13(21)22)9-5-4-6-18(8-9)10-7-16-12(20)17-11(10)15/h7,9H,4-6,8H2,1-3H3,(H,21,22)(H3,15,16,17,20). The van der Waals surface area contributed by atoms with E-state index in [2.05, 4.69) is 9.97 Å². The molecule has 0 spiro atoms. The number of carbonyl (C=O) groups is 1. The molecular formula is C14H23N5O3. The number of nitrogens with one attached hydrogen (secondary N) is 1. The molecule has 0 radical (unpaired) electrons. The highest BCUT2D eigenvalue weighted by atomic mass is 16.4. The van der Waals surface area contributed by atoms with Gasteiger partial charge in [0.2, 0.25) is 0 Å². The minimum absolute atomic E-state index is 0.127. The number of nitrogen functional groups attached to an aromatic ring is 1. The topological polar surface area (TPSA) is 116 Å². The molecule has 8 heteroatoms. The van der Waals surface area contributed by atoms with Crippen LogP contribution in [0.25, 0.3) is 0 Å². The smallest absolute Gasteiger partial charge is 0.408 e. The third kappa shape index (κ3) is 3.32. The Morgan fingerprint density at radius 1 is 1.55 bits per heavy atom. The number of carboxylic acid groups (broad SMARTS) is 1. The van der Waals surface area contributed by atoms with E-state index in [4.69, 9.17) is 5.73 Å². The van der Waals surface area contributed by atoms with E-state index >= 15 is 0 Å². The fourth-order valence-electron chi connectivity index (χ4n) is 3.03. The largest absolute Gasteiger partial charge is 0.465 e. The van der Waals surface area contributed by atoms with Gasteiger partial charge in [0.15, 0.2) is 0 Å². The van der Waals surface area contributed by atoms with Crippen LogP contribution in [0, 0.1) is 0 Å². The lowest BCUT2D eigenvalue weighted by Gasteiger charge is -2.44. The lowest BCUT2D eigenvalue weighted by Crippen LogP contribution is -2.57. The second-order valence-electron chi connectivity index (χ2n) is 6.55. The van der Waals surface area contributed by atoms with Gasteiger partial charge in [0.05, 0.1) is 17.9 Å². The Kier molecular flexibility index (Phi) is 4.30. The van der Waals surface area contributed by atoms with Crippen LogP contribution in [-0.2, 0) is 0 Å². The molecule has 1 atom stereocenters. The summed E-state index contributed by atoms with van der Waals surface area (Å²) < 4.78 is 0. The minimum Gasteiger partial charge on any atom is -0.465 e. The van der Waals surface area contributed by atoms with Crippen molar-refractivity contribution >= 4 is 17.6 Å². The van der Waals surface area contributed by atoms with Crippen molar-refractivity contribution in [2.45, 2.75) is 45.2 Å². The summed E-state index contributed by atoms with van der Waals surface area (Å²) in [5.74, 6) is 0.262. The Morgan fingerprint density at radius 2 is 2.23 bits per heavy atom. The van der Waals surface area contributed by atoms with E-state index < -0.39 is 17.3 Å². The molecule has 1 aliphatic rings. The number of aromatic nitrogens is 2. The first-order valence-corrected chi connectivity index (χ1v) is 7.32. The van der Waals surface area contributed by atoms with Gasteiger partial charge in [-0.2, -0.15) is 4.98 Å². The van der Waals surface area contributed by atoms with Crippen LogP contribution < -0.4 is 16.3 Å². The van der Waals surface area contributed by atoms with Crippen LogP contribution in [0.3, 0.4) is 0 Å². The number of aromatic amines is 1. The fraction of sp³-hybridized carbons (Fsp3) is 0.643. The van der Waals surface area contributed by atoms with Gasteiger partial charge in [-0.1, -0.05) is 0 Å². The van der Waals surface area contributed by atoms with E-state index in [1.807, 2.05) is 25.7 Å². The van der Waals surface area contributed by atoms with Gasteiger partial charge in [-0.3, -0.25) is 9.88 Å². The Hall–Kier alpha value is -2.25. The average molecular weight is 309 g/mol. The summed E-state index contributed by atoms with van der Waals surface area (Å²) in [4.78, 5) is 32.4. The molecule has 1 aliphatic heterocycles. The van der Waals surface area contributed by atoms with Crippen molar-refractivity contribution in [1.29, 1.82) is 0 Å². The Balaban J connectivity index is 2.24. The van der Waals surface area contributed by atoms with Gasteiger partial charge in [-0.15, -0.1) is 0 Å². The summed E-state index contributed by atoms with van der Waals surface area (Å²) >= 11 is 0. The monoisotopic (exact) mass is 309 g/mol. The number of nitrogens with two attached hydrogens (primary N) is 1. The first-order chi connectivity index (χ1) is 10.2. The summed E-state index contributed by atoms with van der Waals surface area (Å²) in [6.45, 7) is 6.94. The van der Waals surface area contributed by atoms with E-state index in [1.54, 1.807) is 0 Å². The molecule has 1 saturated heterocycles. The molecule has 0 bridgehead atoms. The van der Waals surface area contributed by atoms with Crippen molar-refractivity contribution in [3.05, 3.63) is 16.7 Å². The van der Waals surface area contributed by atoms with Crippen molar-refractivity contribution in [1.82, 2.24) is 14.9 Å². The van der Waals surface area contributed by atoms with Gasteiger partial charge in [0.1, 0.15) is 5.82 Å². The fourth-order valence-corrected chi connectivity index (χ4v) is 3.03. The molecule has 0 aliphatic carbocycles. The van der Waals surface area contributed by atoms with Crippen LogP contribution in [-0.4, -0.2) is 50.7 Å². The highest BCUT2D eigenvalue weighted by molar-refractivity contribution is 5.67. The van der Waals surface area contributed by atoms with Crippen LogP contribution in [0.2, 0.25) is 0 Å². The van der Waals surface area contributed by atoms with E-state index in [-0.39, 0.29) is 11.9 Å². The molecule has 1 unspecified atom stereocenters. The van der Waals surface area contributed by atoms with Crippen molar-refractivity contribution in [3.8, 4) is 0 Å². The first-order valence-electron chi connectivity index (χ1n) is 7.32.